The molecule has 7 heteroatoms. The van der Waals surface area contributed by atoms with E-state index in [1.165, 1.54) is 38.6 Å². The molecular weight excluding hydrogens is 366 g/mol. The quantitative estimate of drug-likeness (QED) is 0.733. The normalized spacial score (nSPS) is 16.4. The molecule has 2 heterocycles. The van der Waals surface area contributed by atoms with Gasteiger partial charge in [-0.05, 0) is 30.4 Å². The first-order valence-electron chi connectivity index (χ1n) is 8.59. The van der Waals surface area contributed by atoms with Crippen LogP contribution in [0.25, 0.3) is 4.96 Å². The first-order chi connectivity index (χ1) is 12.7. The summed E-state index contributed by atoms with van der Waals surface area (Å²) in [6.07, 6.45) is 4.63. The van der Waals surface area contributed by atoms with Crippen molar-refractivity contribution in [2.45, 2.75) is 31.1 Å². The van der Waals surface area contributed by atoms with E-state index in [1.807, 2.05) is 5.38 Å². The summed E-state index contributed by atoms with van der Waals surface area (Å²) in [4.78, 5) is 29.4. The van der Waals surface area contributed by atoms with Crippen LogP contribution >= 0.6 is 23.1 Å². The second-order valence-electron chi connectivity index (χ2n) is 6.41. The van der Waals surface area contributed by atoms with Crippen molar-refractivity contribution in [3.05, 3.63) is 69.1 Å². The van der Waals surface area contributed by atoms with E-state index in [0.717, 1.165) is 25.0 Å². The van der Waals surface area contributed by atoms with Gasteiger partial charge >= 0.3 is 0 Å². The summed E-state index contributed by atoms with van der Waals surface area (Å²) in [5, 5.41) is 4.98. The van der Waals surface area contributed by atoms with Crippen molar-refractivity contribution < 1.29 is 4.79 Å². The van der Waals surface area contributed by atoms with E-state index < -0.39 is 0 Å². The molecule has 0 fully saturated rings. The van der Waals surface area contributed by atoms with Crippen LogP contribution in [0.5, 0.6) is 0 Å². The number of aryl methyl sites for hydroxylation is 1. The molecule has 4 rings (SSSR count). The highest BCUT2D eigenvalue weighted by molar-refractivity contribution is 7.99. The Morgan fingerprint density at radius 3 is 3.08 bits per heavy atom. The molecule has 0 bridgehead atoms. The maximum absolute atomic E-state index is 12.2. The largest absolute Gasteiger partial charge is 0.352 e. The Balaban J connectivity index is 1.28. The Labute approximate surface area is 159 Å². The maximum atomic E-state index is 12.2. The third-order valence-electron chi connectivity index (χ3n) is 4.55. The summed E-state index contributed by atoms with van der Waals surface area (Å²) in [5.74, 6) is 0.988. The number of benzene rings is 1. The smallest absolute Gasteiger partial charge is 0.258 e. The number of rotatable bonds is 5. The van der Waals surface area contributed by atoms with E-state index in [2.05, 4.69) is 34.6 Å². The van der Waals surface area contributed by atoms with Crippen LogP contribution in [0.2, 0.25) is 0 Å². The third-order valence-corrected chi connectivity index (χ3v) is 6.27. The van der Waals surface area contributed by atoms with Crippen LogP contribution < -0.4 is 10.9 Å². The van der Waals surface area contributed by atoms with Crippen LogP contribution in [0, 0.1) is 0 Å². The van der Waals surface area contributed by atoms with Crippen LogP contribution in [-0.4, -0.2) is 27.1 Å². The monoisotopic (exact) mass is 385 g/mol. The number of thioether (sulfide) groups is 1. The predicted molar refractivity (Wildman–Crippen MR) is 106 cm³/mol. The Bertz CT molecular complexity index is 996. The molecule has 1 aromatic carbocycles. The Morgan fingerprint density at radius 2 is 2.19 bits per heavy atom. The molecule has 1 aliphatic carbocycles. The van der Waals surface area contributed by atoms with Crippen molar-refractivity contribution >= 4 is 34.0 Å². The van der Waals surface area contributed by atoms with Gasteiger partial charge in [0.05, 0.1) is 11.4 Å². The van der Waals surface area contributed by atoms with Crippen LogP contribution in [-0.2, 0) is 23.4 Å². The first-order valence-corrected chi connectivity index (χ1v) is 10.6. The number of nitrogens with one attached hydrogen (secondary N) is 1. The fraction of sp³-hybridized carbons (Fsp3) is 0.316. The Hall–Kier alpha value is -2.12. The number of amides is 1. The van der Waals surface area contributed by atoms with Crippen LogP contribution in [0.4, 0.5) is 0 Å². The summed E-state index contributed by atoms with van der Waals surface area (Å²) >= 11 is 2.93. The highest BCUT2D eigenvalue weighted by Crippen LogP contribution is 2.21. The van der Waals surface area contributed by atoms with E-state index in [4.69, 9.17) is 0 Å². The molecule has 26 heavy (non-hydrogen) atoms. The average molecular weight is 386 g/mol. The summed E-state index contributed by atoms with van der Waals surface area (Å²) in [5.41, 5.74) is 3.39. The van der Waals surface area contributed by atoms with E-state index in [1.54, 1.807) is 12.3 Å². The molecule has 2 aromatic heterocycles. The van der Waals surface area contributed by atoms with Gasteiger partial charge in [0.25, 0.3) is 5.56 Å². The topological polar surface area (TPSA) is 63.5 Å². The number of aromatic nitrogens is 2. The fourth-order valence-corrected chi connectivity index (χ4v) is 4.77. The molecule has 0 saturated carbocycles. The van der Waals surface area contributed by atoms with E-state index >= 15 is 0 Å². The van der Waals surface area contributed by atoms with Crippen LogP contribution in [0.15, 0.2) is 46.7 Å². The number of carbonyl (C=O) groups is 1. The zero-order valence-corrected chi connectivity index (χ0v) is 15.8. The zero-order valence-electron chi connectivity index (χ0n) is 14.2. The van der Waals surface area contributed by atoms with Crippen molar-refractivity contribution in [1.29, 1.82) is 0 Å². The molecule has 1 atom stereocenters. The SMILES string of the molecule is O=C(CSCc1cc(=O)n2ccsc2n1)NC1CCc2ccccc2C1. The number of carbonyl (C=O) groups excluding carboxylic acids is 1. The summed E-state index contributed by atoms with van der Waals surface area (Å²) in [6, 6.07) is 10.2. The van der Waals surface area contributed by atoms with Gasteiger partial charge in [-0.3, -0.25) is 14.0 Å². The molecule has 1 aliphatic rings. The molecule has 134 valence electrons. The highest BCUT2D eigenvalue weighted by Gasteiger charge is 2.19. The molecule has 1 amide bonds. The minimum absolute atomic E-state index is 0.0494. The molecule has 1 N–H and O–H groups in total. The lowest BCUT2D eigenvalue weighted by Crippen LogP contribution is -2.39. The van der Waals surface area contributed by atoms with E-state index in [9.17, 15) is 9.59 Å². The van der Waals surface area contributed by atoms with Gasteiger partial charge in [0.1, 0.15) is 0 Å². The molecule has 0 saturated heterocycles. The van der Waals surface area contributed by atoms with E-state index in [0.29, 0.717) is 16.5 Å². The summed E-state index contributed by atoms with van der Waals surface area (Å²) in [6.45, 7) is 0. The lowest BCUT2D eigenvalue weighted by Gasteiger charge is -2.25. The molecule has 5 nitrogen and oxygen atoms in total. The number of hydrogen-bond acceptors (Lipinski definition) is 5. The van der Waals surface area contributed by atoms with Gasteiger partial charge in [-0.1, -0.05) is 24.3 Å². The van der Waals surface area contributed by atoms with Gasteiger partial charge in [0, 0.05) is 29.4 Å². The second kappa shape index (κ2) is 7.63. The maximum Gasteiger partial charge on any atom is 0.258 e. The van der Waals surface area contributed by atoms with Crippen molar-refractivity contribution in [1.82, 2.24) is 14.7 Å². The average Bonchev–Trinajstić information content (AvgIpc) is 3.11. The molecule has 0 spiro atoms. The summed E-state index contributed by atoms with van der Waals surface area (Å²) < 4.78 is 1.53. The first kappa shape index (κ1) is 17.3. The lowest BCUT2D eigenvalue weighted by molar-refractivity contribution is -0.119. The van der Waals surface area contributed by atoms with Gasteiger partial charge < -0.3 is 5.32 Å². The number of fused-ring (bicyclic) bond motifs is 2. The van der Waals surface area contributed by atoms with Crippen LogP contribution in [0.3, 0.4) is 0 Å². The number of nitrogens with zero attached hydrogens (tertiary/aromatic N) is 2. The molecule has 0 aliphatic heterocycles. The van der Waals surface area contributed by atoms with Gasteiger partial charge in [-0.2, -0.15) is 0 Å². The lowest BCUT2D eigenvalue weighted by atomic mass is 9.88. The summed E-state index contributed by atoms with van der Waals surface area (Å²) in [7, 11) is 0. The third kappa shape index (κ3) is 3.83. The highest BCUT2D eigenvalue weighted by atomic mass is 32.2. The second-order valence-corrected chi connectivity index (χ2v) is 8.27. The van der Waals surface area contributed by atoms with Crippen LogP contribution in [0.1, 0.15) is 23.2 Å². The molecular formula is C19H19N3O2S2. The number of hydrogen-bond donors (Lipinski definition) is 1. The molecule has 0 radical (unpaired) electrons. The fourth-order valence-electron chi connectivity index (χ4n) is 3.30. The van der Waals surface area contributed by atoms with Gasteiger partial charge in [-0.15, -0.1) is 23.1 Å². The van der Waals surface area contributed by atoms with Gasteiger partial charge in [-0.25, -0.2) is 4.98 Å². The minimum Gasteiger partial charge on any atom is -0.352 e. The van der Waals surface area contributed by atoms with Crippen molar-refractivity contribution in [2.75, 3.05) is 5.75 Å². The number of thiazole rings is 1. The minimum atomic E-state index is -0.0721. The van der Waals surface area contributed by atoms with Gasteiger partial charge in [0.15, 0.2) is 4.96 Å². The van der Waals surface area contributed by atoms with Crippen molar-refractivity contribution in [2.24, 2.45) is 0 Å². The van der Waals surface area contributed by atoms with E-state index in [-0.39, 0.29) is 17.5 Å². The van der Waals surface area contributed by atoms with Gasteiger partial charge in [0.2, 0.25) is 5.91 Å². The molecule has 1 unspecified atom stereocenters. The molecule has 3 aromatic rings. The Kier molecular flexibility index (Phi) is 5.08. The standard InChI is InChI=1S/C19H19N3O2S2/c23-17(20-15-6-5-13-3-1-2-4-14(13)9-15)12-25-11-16-10-18(24)22-7-8-26-19(22)21-16/h1-4,7-8,10,15H,5-6,9,11-12H2,(H,20,23). The van der Waals surface area contributed by atoms with Crippen molar-refractivity contribution in [3.63, 3.8) is 0 Å². The zero-order chi connectivity index (χ0) is 17.9. The predicted octanol–water partition coefficient (Wildman–Crippen LogP) is 2.66. The van der Waals surface area contributed by atoms with Crippen molar-refractivity contribution in [3.8, 4) is 0 Å². The Morgan fingerprint density at radius 1 is 1.35 bits per heavy atom.